The topological polar surface area (TPSA) is 88.2 Å². The highest BCUT2D eigenvalue weighted by atomic mass is 32.2. The smallest absolute Gasteiger partial charge is 0.412 e. The number of hydrazine groups is 1. The van der Waals surface area contributed by atoms with Crippen molar-refractivity contribution in [3.63, 3.8) is 0 Å². The van der Waals surface area contributed by atoms with Crippen LogP contribution in [0.5, 0.6) is 0 Å². The van der Waals surface area contributed by atoms with Crippen molar-refractivity contribution in [3.05, 3.63) is 24.3 Å². The van der Waals surface area contributed by atoms with Crippen LogP contribution in [0.25, 0.3) is 0 Å². The van der Waals surface area contributed by atoms with E-state index in [1.807, 2.05) is 0 Å². The molecule has 0 saturated carbocycles. The number of hydrogen-bond donors (Lipinski definition) is 1. The van der Waals surface area contributed by atoms with E-state index in [2.05, 4.69) is 5.32 Å². The van der Waals surface area contributed by atoms with E-state index in [-0.39, 0.29) is 5.75 Å². The molecule has 0 radical (unpaired) electrons. The van der Waals surface area contributed by atoms with E-state index in [9.17, 15) is 13.2 Å². The Morgan fingerprint density at radius 2 is 1.81 bits per heavy atom. The van der Waals surface area contributed by atoms with Crippen LogP contribution in [0.2, 0.25) is 0 Å². The molecular weight excluding hydrogens is 358 g/mol. The van der Waals surface area contributed by atoms with Crippen molar-refractivity contribution in [2.24, 2.45) is 0 Å². The van der Waals surface area contributed by atoms with Gasteiger partial charge in [-0.25, -0.2) is 18.2 Å². The molecule has 0 atom stereocenters. The Morgan fingerprint density at radius 3 is 2.31 bits per heavy atom. The highest BCUT2D eigenvalue weighted by Gasteiger charge is 2.28. The molecule has 2 rings (SSSR count). The second-order valence-corrected chi connectivity index (χ2v) is 8.97. The summed E-state index contributed by atoms with van der Waals surface area (Å²) in [6.45, 7) is 8.92. The van der Waals surface area contributed by atoms with Gasteiger partial charge in [-0.05, 0) is 52.0 Å². The first kappa shape index (κ1) is 20.5. The first-order valence-corrected chi connectivity index (χ1v) is 10.2. The van der Waals surface area contributed by atoms with Gasteiger partial charge < -0.3 is 9.47 Å². The molecule has 0 spiro atoms. The third-order valence-electron chi connectivity index (χ3n) is 3.61. The van der Waals surface area contributed by atoms with Crippen LogP contribution >= 0.6 is 0 Å². The average molecular weight is 385 g/mol. The van der Waals surface area contributed by atoms with Gasteiger partial charge in [0.25, 0.3) is 0 Å². The van der Waals surface area contributed by atoms with Crippen LogP contribution in [-0.2, 0) is 19.5 Å². The summed E-state index contributed by atoms with van der Waals surface area (Å²) < 4.78 is 37.0. The number of anilines is 2. The van der Waals surface area contributed by atoms with Gasteiger partial charge in [-0.15, -0.1) is 0 Å². The second-order valence-electron chi connectivity index (χ2n) is 6.88. The maximum absolute atomic E-state index is 12.6. The Kier molecular flexibility index (Phi) is 6.48. The van der Waals surface area contributed by atoms with Crippen LogP contribution in [0.1, 0.15) is 27.7 Å². The number of ether oxygens (including phenoxy) is 2. The number of carbonyl (C=O) groups excluding carboxylic acids is 1. The predicted molar refractivity (Wildman–Crippen MR) is 101 cm³/mol. The zero-order chi connectivity index (χ0) is 19.4. The largest absolute Gasteiger partial charge is 0.444 e. The number of hydrogen-bond acceptors (Lipinski definition) is 6. The molecule has 1 N–H and O–H groups in total. The minimum Gasteiger partial charge on any atom is -0.444 e. The molecule has 0 bridgehead atoms. The molecule has 1 amide bonds. The fourth-order valence-corrected chi connectivity index (χ4v) is 3.65. The fourth-order valence-electron chi connectivity index (χ4n) is 2.45. The van der Waals surface area contributed by atoms with Crippen LogP contribution < -0.4 is 9.73 Å². The summed E-state index contributed by atoms with van der Waals surface area (Å²) in [4.78, 5) is 11.8. The molecule has 9 heteroatoms. The molecule has 8 nitrogen and oxygen atoms in total. The SMILES string of the molecule is CCS(=O)(=O)N(c1ccc(NC(=O)OC(C)(C)C)cc1)N1CCOCC1. The lowest BCUT2D eigenvalue weighted by molar-refractivity contribution is 0.0409. The first-order chi connectivity index (χ1) is 12.1. The minimum atomic E-state index is -3.48. The van der Waals surface area contributed by atoms with Gasteiger partial charge in [0, 0.05) is 18.8 Å². The van der Waals surface area contributed by atoms with Gasteiger partial charge in [-0.3, -0.25) is 5.32 Å². The lowest BCUT2D eigenvalue weighted by atomic mass is 10.2. The number of amides is 1. The molecule has 0 aliphatic carbocycles. The van der Waals surface area contributed by atoms with Crippen LogP contribution in [0.3, 0.4) is 0 Å². The number of nitrogens with one attached hydrogen (secondary N) is 1. The van der Waals surface area contributed by atoms with Crippen molar-refractivity contribution in [1.29, 1.82) is 0 Å². The molecule has 1 fully saturated rings. The third-order valence-corrected chi connectivity index (χ3v) is 5.30. The van der Waals surface area contributed by atoms with E-state index in [1.165, 1.54) is 4.41 Å². The molecule has 1 heterocycles. The van der Waals surface area contributed by atoms with E-state index in [4.69, 9.17) is 9.47 Å². The third kappa shape index (κ3) is 5.58. The monoisotopic (exact) mass is 385 g/mol. The molecule has 0 unspecified atom stereocenters. The average Bonchev–Trinajstić information content (AvgIpc) is 2.56. The molecule has 146 valence electrons. The summed E-state index contributed by atoms with van der Waals surface area (Å²) in [6, 6.07) is 6.63. The lowest BCUT2D eigenvalue weighted by Gasteiger charge is -2.37. The van der Waals surface area contributed by atoms with Crippen LogP contribution in [0.15, 0.2) is 24.3 Å². The standard InChI is InChI=1S/C17H27N3O5S/c1-5-26(22,23)20(19-10-12-24-13-11-19)15-8-6-14(7-9-15)18-16(21)25-17(2,3)4/h6-9H,5,10-13H2,1-4H3,(H,18,21). The molecule has 1 aliphatic heterocycles. The van der Waals surface area contributed by atoms with E-state index in [0.29, 0.717) is 37.7 Å². The molecule has 0 aromatic heterocycles. The highest BCUT2D eigenvalue weighted by molar-refractivity contribution is 7.92. The van der Waals surface area contributed by atoms with Gasteiger partial charge in [0.05, 0.1) is 24.7 Å². The Balaban J connectivity index is 2.18. The van der Waals surface area contributed by atoms with E-state index < -0.39 is 21.7 Å². The Morgan fingerprint density at radius 1 is 1.23 bits per heavy atom. The van der Waals surface area contributed by atoms with Crippen molar-refractivity contribution >= 4 is 27.5 Å². The first-order valence-electron chi connectivity index (χ1n) is 8.58. The molecular formula is C17H27N3O5S. The van der Waals surface area contributed by atoms with Gasteiger partial charge in [-0.2, -0.15) is 4.41 Å². The van der Waals surface area contributed by atoms with Crippen molar-refractivity contribution < 1.29 is 22.7 Å². The van der Waals surface area contributed by atoms with Crippen molar-refractivity contribution in [1.82, 2.24) is 5.01 Å². The van der Waals surface area contributed by atoms with Gasteiger partial charge in [-0.1, -0.05) is 0 Å². The van der Waals surface area contributed by atoms with Crippen molar-refractivity contribution in [2.75, 3.05) is 41.8 Å². The lowest BCUT2D eigenvalue weighted by Crippen LogP contribution is -2.52. The molecule has 26 heavy (non-hydrogen) atoms. The van der Waals surface area contributed by atoms with Crippen LogP contribution in [-0.4, -0.2) is 57.2 Å². The number of benzene rings is 1. The summed E-state index contributed by atoms with van der Waals surface area (Å²) in [5, 5.41) is 4.40. The maximum Gasteiger partial charge on any atom is 0.412 e. The fraction of sp³-hybridized carbons (Fsp3) is 0.588. The van der Waals surface area contributed by atoms with Gasteiger partial charge in [0.1, 0.15) is 5.60 Å². The Hall–Kier alpha value is -1.84. The number of morpholine rings is 1. The summed E-state index contributed by atoms with van der Waals surface area (Å²) in [6.07, 6.45) is -0.559. The summed E-state index contributed by atoms with van der Waals surface area (Å²) in [7, 11) is -3.48. The molecule has 1 aromatic rings. The Bertz CT molecular complexity index is 707. The van der Waals surface area contributed by atoms with Gasteiger partial charge in [0.2, 0.25) is 10.0 Å². The predicted octanol–water partition coefficient (Wildman–Crippen LogP) is 2.44. The van der Waals surface area contributed by atoms with Crippen LogP contribution in [0, 0.1) is 0 Å². The van der Waals surface area contributed by atoms with Crippen LogP contribution in [0.4, 0.5) is 16.2 Å². The quantitative estimate of drug-likeness (QED) is 0.838. The van der Waals surface area contributed by atoms with Gasteiger partial charge in [0.15, 0.2) is 0 Å². The maximum atomic E-state index is 12.6. The number of nitrogens with zero attached hydrogens (tertiary/aromatic N) is 2. The summed E-state index contributed by atoms with van der Waals surface area (Å²) >= 11 is 0. The van der Waals surface area contributed by atoms with E-state index in [0.717, 1.165) is 0 Å². The molecule has 1 aromatic carbocycles. The van der Waals surface area contributed by atoms with Gasteiger partial charge >= 0.3 is 6.09 Å². The molecule has 1 aliphatic rings. The van der Waals surface area contributed by atoms with E-state index in [1.54, 1.807) is 57.0 Å². The van der Waals surface area contributed by atoms with E-state index >= 15 is 0 Å². The summed E-state index contributed by atoms with van der Waals surface area (Å²) in [5.41, 5.74) is 0.453. The zero-order valence-electron chi connectivity index (χ0n) is 15.7. The number of sulfonamides is 1. The van der Waals surface area contributed by atoms with Crippen molar-refractivity contribution in [2.45, 2.75) is 33.3 Å². The normalized spacial score (nSPS) is 16.2. The molecule has 1 saturated heterocycles. The zero-order valence-corrected chi connectivity index (χ0v) is 16.5. The highest BCUT2D eigenvalue weighted by Crippen LogP contribution is 2.24. The number of rotatable bonds is 5. The van der Waals surface area contributed by atoms with Crippen molar-refractivity contribution in [3.8, 4) is 0 Å². The Labute approximate surface area is 155 Å². The second kappa shape index (κ2) is 8.24. The summed E-state index contributed by atoms with van der Waals surface area (Å²) in [5.74, 6) is -0.0116. The number of carbonyl (C=O) groups is 1. The minimum absolute atomic E-state index is 0.0116.